The van der Waals surface area contributed by atoms with Gasteiger partial charge in [0.15, 0.2) is 0 Å². The molecule has 2 heteroatoms. The van der Waals surface area contributed by atoms with E-state index < -0.39 is 0 Å². The van der Waals surface area contributed by atoms with Crippen LogP contribution in [0.25, 0.3) is 55.3 Å². The Bertz CT molecular complexity index is 2910. The highest BCUT2D eigenvalue weighted by Gasteiger charge is 2.38. The minimum Gasteiger partial charge on any atom is -0.455 e. The van der Waals surface area contributed by atoms with Gasteiger partial charge in [-0.15, -0.1) is 0 Å². The molecule has 1 aromatic heterocycles. The highest BCUT2D eigenvalue weighted by Crippen LogP contribution is 2.53. The van der Waals surface area contributed by atoms with E-state index in [1.807, 2.05) is 0 Å². The van der Waals surface area contributed by atoms with Crippen molar-refractivity contribution in [3.8, 4) is 33.4 Å². The van der Waals surface area contributed by atoms with Gasteiger partial charge in [0.05, 0.1) is 0 Å². The van der Waals surface area contributed by atoms with E-state index in [2.05, 4.69) is 201 Å². The van der Waals surface area contributed by atoms with Crippen LogP contribution in [-0.4, -0.2) is 0 Å². The van der Waals surface area contributed by atoms with Gasteiger partial charge in [-0.1, -0.05) is 139 Å². The van der Waals surface area contributed by atoms with Crippen LogP contribution in [0.2, 0.25) is 0 Å². The third-order valence-corrected chi connectivity index (χ3v) is 13.0. The number of furan rings is 1. The molecule has 276 valence electrons. The highest BCUT2D eigenvalue weighted by molar-refractivity contribution is 6.10. The molecular weight excluding hydrogens is 679 g/mol. The van der Waals surface area contributed by atoms with Crippen LogP contribution in [0.3, 0.4) is 0 Å². The Morgan fingerprint density at radius 3 is 1.68 bits per heavy atom. The zero-order valence-electron chi connectivity index (χ0n) is 34.1. The van der Waals surface area contributed by atoms with E-state index in [-0.39, 0.29) is 16.2 Å². The Balaban J connectivity index is 1.12. The Labute approximate surface area is 331 Å². The molecule has 2 aliphatic rings. The third kappa shape index (κ3) is 5.01. The number of fused-ring (bicyclic) bond motifs is 9. The van der Waals surface area contributed by atoms with E-state index in [1.165, 1.54) is 66.6 Å². The number of para-hydroxylation sites is 1. The first kappa shape index (κ1) is 34.6. The van der Waals surface area contributed by atoms with Crippen molar-refractivity contribution in [1.29, 1.82) is 0 Å². The van der Waals surface area contributed by atoms with Crippen LogP contribution >= 0.6 is 0 Å². The molecule has 0 saturated carbocycles. The van der Waals surface area contributed by atoms with Crippen molar-refractivity contribution in [3.63, 3.8) is 0 Å². The fourth-order valence-electron chi connectivity index (χ4n) is 9.88. The molecule has 0 atom stereocenters. The van der Waals surface area contributed by atoms with Gasteiger partial charge in [-0.3, -0.25) is 0 Å². The molecule has 1 heterocycles. The molecule has 0 bridgehead atoms. The molecule has 0 amide bonds. The predicted octanol–water partition coefficient (Wildman–Crippen LogP) is 15.2. The molecule has 0 spiro atoms. The first-order valence-corrected chi connectivity index (χ1v) is 20.1. The van der Waals surface area contributed by atoms with Gasteiger partial charge in [0, 0.05) is 44.2 Å². The molecule has 0 saturated heterocycles. The fourth-order valence-corrected chi connectivity index (χ4v) is 9.88. The SMILES string of the molecule is Cc1cc(C)c2oc3c(-c4ccc(N(c5ccc6c(c5)C(C)(C)c5ccccc5-6)c5ccc6c(c5)C(C)(C)c5cc(C(C)(C)C)ccc5-6)cc4)cccc3c2c1. The van der Waals surface area contributed by atoms with Crippen molar-refractivity contribution in [2.24, 2.45) is 0 Å². The molecule has 2 nitrogen and oxygen atoms in total. The summed E-state index contributed by atoms with van der Waals surface area (Å²) in [4.78, 5) is 2.46. The first-order valence-electron chi connectivity index (χ1n) is 20.1. The number of anilines is 3. The predicted molar refractivity (Wildman–Crippen MR) is 237 cm³/mol. The minimum atomic E-state index is -0.138. The molecule has 0 N–H and O–H groups in total. The van der Waals surface area contributed by atoms with E-state index in [4.69, 9.17) is 4.42 Å². The number of nitrogens with zero attached hydrogens (tertiary/aromatic N) is 1. The quantitative estimate of drug-likeness (QED) is 0.179. The van der Waals surface area contributed by atoms with Gasteiger partial charge >= 0.3 is 0 Å². The van der Waals surface area contributed by atoms with Crippen molar-refractivity contribution < 1.29 is 4.42 Å². The first-order chi connectivity index (χ1) is 26.7. The molecular formula is C54H49NO. The monoisotopic (exact) mass is 727 g/mol. The van der Waals surface area contributed by atoms with E-state index in [0.29, 0.717) is 0 Å². The molecule has 56 heavy (non-hydrogen) atoms. The second-order valence-corrected chi connectivity index (χ2v) is 18.4. The van der Waals surface area contributed by atoms with Crippen LogP contribution in [0.15, 0.2) is 138 Å². The maximum Gasteiger partial charge on any atom is 0.143 e. The lowest BCUT2D eigenvalue weighted by molar-refractivity contribution is 0.584. The molecule has 0 radical (unpaired) electrons. The lowest BCUT2D eigenvalue weighted by atomic mass is 9.79. The molecule has 0 fully saturated rings. The Morgan fingerprint density at radius 2 is 1.02 bits per heavy atom. The van der Waals surface area contributed by atoms with Gasteiger partial charge < -0.3 is 9.32 Å². The van der Waals surface area contributed by atoms with Crippen LogP contribution in [0.1, 0.15) is 87.4 Å². The van der Waals surface area contributed by atoms with Crippen LogP contribution < -0.4 is 4.90 Å². The average Bonchev–Trinajstić information content (AvgIpc) is 3.75. The molecule has 2 aliphatic carbocycles. The lowest BCUT2D eigenvalue weighted by Crippen LogP contribution is -2.19. The number of rotatable bonds is 4. The minimum absolute atomic E-state index is 0.0862. The second-order valence-electron chi connectivity index (χ2n) is 18.4. The molecule has 0 aliphatic heterocycles. The van der Waals surface area contributed by atoms with Gasteiger partial charge in [-0.2, -0.15) is 0 Å². The van der Waals surface area contributed by atoms with E-state index in [9.17, 15) is 0 Å². The standard InChI is InChI=1S/C54H49NO/c1-32-27-33(2)50-45(28-32)44-15-12-14-39(51(44)56-50)34-17-20-36(21-18-34)55(37-22-25-42-40-13-10-11-16-46(40)53(6,7)48(42)30-37)38-23-26-43-41-24-19-35(52(3,4)5)29-47(41)54(8,9)49(43)31-38/h10-31H,1-9H3. The average molecular weight is 728 g/mol. The summed E-state index contributed by atoms with van der Waals surface area (Å²) < 4.78 is 6.63. The Morgan fingerprint density at radius 1 is 0.464 bits per heavy atom. The van der Waals surface area contributed by atoms with Crippen molar-refractivity contribution in [2.75, 3.05) is 4.90 Å². The number of hydrogen-bond acceptors (Lipinski definition) is 2. The zero-order chi connectivity index (χ0) is 38.9. The summed E-state index contributed by atoms with van der Waals surface area (Å²) in [6.07, 6.45) is 0. The third-order valence-electron chi connectivity index (χ3n) is 13.0. The summed E-state index contributed by atoms with van der Waals surface area (Å²) in [6.45, 7) is 20.7. The van der Waals surface area contributed by atoms with Crippen molar-refractivity contribution in [3.05, 3.63) is 172 Å². The maximum atomic E-state index is 6.63. The van der Waals surface area contributed by atoms with Crippen molar-refractivity contribution in [1.82, 2.24) is 0 Å². The summed E-state index contributed by atoms with van der Waals surface area (Å²) >= 11 is 0. The van der Waals surface area contributed by atoms with Gasteiger partial charge in [0.1, 0.15) is 11.2 Å². The van der Waals surface area contributed by atoms with Gasteiger partial charge in [-0.05, 0) is 128 Å². The van der Waals surface area contributed by atoms with E-state index in [1.54, 1.807) is 0 Å². The van der Waals surface area contributed by atoms with Crippen molar-refractivity contribution >= 4 is 39.0 Å². The van der Waals surface area contributed by atoms with Gasteiger partial charge in [0.25, 0.3) is 0 Å². The molecule has 10 rings (SSSR count). The summed E-state index contributed by atoms with van der Waals surface area (Å²) in [6, 6.07) is 50.3. The number of hydrogen-bond donors (Lipinski definition) is 0. The molecule has 0 unspecified atom stereocenters. The lowest BCUT2D eigenvalue weighted by Gasteiger charge is -2.30. The second kappa shape index (κ2) is 11.8. The normalized spacial score (nSPS) is 14.8. The zero-order valence-corrected chi connectivity index (χ0v) is 34.1. The van der Waals surface area contributed by atoms with Crippen LogP contribution in [0.4, 0.5) is 17.1 Å². The van der Waals surface area contributed by atoms with Crippen molar-refractivity contribution in [2.45, 2.75) is 78.6 Å². The summed E-state index contributed by atoms with van der Waals surface area (Å²) in [5.41, 5.74) is 22.1. The summed E-state index contributed by atoms with van der Waals surface area (Å²) in [5.74, 6) is 0. The molecule has 7 aromatic carbocycles. The maximum absolute atomic E-state index is 6.63. The number of aryl methyl sites for hydroxylation is 2. The molecule has 8 aromatic rings. The fraction of sp³-hybridized carbons (Fsp3) is 0.222. The van der Waals surface area contributed by atoms with Gasteiger partial charge in [-0.25, -0.2) is 0 Å². The Hall–Kier alpha value is -5.86. The number of benzene rings is 7. The largest absolute Gasteiger partial charge is 0.455 e. The highest BCUT2D eigenvalue weighted by atomic mass is 16.3. The smallest absolute Gasteiger partial charge is 0.143 e. The van der Waals surface area contributed by atoms with Crippen LogP contribution in [-0.2, 0) is 16.2 Å². The van der Waals surface area contributed by atoms with E-state index >= 15 is 0 Å². The topological polar surface area (TPSA) is 16.4 Å². The Kier molecular flexibility index (Phi) is 7.31. The van der Waals surface area contributed by atoms with E-state index in [0.717, 1.165) is 44.7 Å². The van der Waals surface area contributed by atoms with Crippen LogP contribution in [0, 0.1) is 13.8 Å². The van der Waals surface area contributed by atoms with Gasteiger partial charge in [0.2, 0.25) is 0 Å². The summed E-state index contributed by atoms with van der Waals surface area (Å²) in [7, 11) is 0. The summed E-state index contributed by atoms with van der Waals surface area (Å²) in [5, 5.41) is 2.34. The van der Waals surface area contributed by atoms with Crippen LogP contribution in [0.5, 0.6) is 0 Å².